The van der Waals surface area contributed by atoms with Gasteiger partial charge < -0.3 is 0 Å². The van der Waals surface area contributed by atoms with Crippen LogP contribution in [0.2, 0.25) is 0 Å². The van der Waals surface area contributed by atoms with Crippen molar-refractivity contribution in [2.45, 2.75) is 12.5 Å². The highest BCUT2D eigenvalue weighted by molar-refractivity contribution is 4.80. The maximum absolute atomic E-state index is 12.3. The molecular formula is C5H4F4N2. The van der Waals surface area contributed by atoms with Gasteiger partial charge in [-0.15, -0.1) is 0 Å². The number of nitrogens with zero attached hydrogens (tertiary/aromatic N) is 2. The number of rotatable bonds is 1. The lowest BCUT2D eigenvalue weighted by molar-refractivity contribution is -0.208. The highest BCUT2D eigenvalue weighted by Gasteiger charge is 2.41. The Morgan fingerprint density at radius 2 is 2.00 bits per heavy atom. The van der Waals surface area contributed by atoms with Crippen LogP contribution in [0.1, 0.15) is 6.30 Å². The molecule has 0 N–H and O–H groups in total. The summed E-state index contributed by atoms with van der Waals surface area (Å²) in [4.78, 5) is 0. The Bertz CT molecular complexity index is 215. The number of halogens is 4. The molecule has 0 bridgehead atoms. The van der Waals surface area contributed by atoms with E-state index in [-0.39, 0.29) is 4.68 Å². The van der Waals surface area contributed by atoms with Crippen molar-refractivity contribution in [3.8, 4) is 0 Å². The molecular weight excluding hydrogens is 164 g/mol. The van der Waals surface area contributed by atoms with E-state index in [4.69, 9.17) is 0 Å². The fourth-order valence-electron chi connectivity index (χ4n) is 0.565. The maximum Gasteiger partial charge on any atom is 0.440 e. The average Bonchev–Trinajstić information content (AvgIpc) is 2.34. The first-order valence-corrected chi connectivity index (χ1v) is 2.72. The highest BCUT2D eigenvalue weighted by atomic mass is 19.4. The minimum atomic E-state index is -4.88. The fraction of sp³-hybridized carbons (Fsp3) is 0.400. The summed E-state index contributed by atoms with van der Waals surface area (Å²) in [6.45, 7) is 0. The van der Waals surface area contributed by atoms with E-state index in [9.17, 15) is 17.6 Å². The largest absolute Gasteiger partial charge is 0.440 e. The van der Waals surface area contributed by atoms with Crippen molar-refractivity contribution in [1.29, 1.82) is 0 Å². The standard InChI is InChI=1S/C5H4F4N2/c6-4(5(7,8)9)11-3-1-2-10-11/h1-4H. The lowest BCUT2D eigenvalue weighted by Crippen LogP contribution is -2.22. The fourth-order valence-corrected chi connectivity index (χ4v) is 0.565. The van der Waals surface area contributed by atoms with Crippen molar-refractivity contribution in [3.63, 3.8) is 0 Å². The summed E-state index contributed by atoms with van der Waals surface area (Å²) in [5, 5.41) is 3.10. The number of aromatic nitrogens is 2. The maximum atomic E-state index is 12.3. The smallest absolute Gasteiger partial charge is 0.231 e. The van der Waals surface area contributed by atoms with Crippen LogP contribution in [0.15, 0.2) is 18.5 Å². The van der Waals surface area contributed by atoms with Crippen LogP contribution in [0.25, 0.3) is 0 Å². The van der Waals surface area contributed by atoms with Crippen molar-refractivity contribution >= 4 is 0 Å². The van der Waals surface area contributed by atoms with Crippen LogP contribution in [-0.2, 0) is 0 Å². The molecule has 0 saturated carbocycles. The summed E-state index contributed by atoms with van der Waals surface area (Å²) in [7, 11) is 0. The Hall–Kier alpha value is -1.07. The van der Waals surface area contributed by atoms with Crippen molar-refractivity contribution in [3.05, 3.63) is 18.5 Å². The second-order valence-electron chi connectivity index (χ2n) is 1.86. The normalized spacial score (nSPS) is 14.9. The van der Waals surface area contributed by atoms with Crippen LogP contribution in [0, 0.1) is 0 Å². The summed E-state index contributed by atoms with van der Waals surface area (Å²) in [5.74, 6) is 0. The Morgan fingerprint density at radius 3 is 2.36 bits per heavy atom. The highest BCUT2D eigenvalue weighted by Crippen LogP contribution is 2.30. The van der Waals surface area contributed by atoms with Gasteiger partial charge in [0.2, 0.25) is 0 Å². The van der Waals surface area contributed by atoms with Crippen molar-refractivity contribution in [2.75, 3.05) is 0 Å². The SMILES string of the molecule is FC(n1cccn1)C(F)(F)F. The van der Waals surface area contributed by atoms with Crippen LogP contribution < -0.4 is 0 Å². The number of alkyl halides is 4. The molecule has 0 saturated heterocycles. The molecule has 11 heavy (non-hydrogen) atoms. The molecule has 2 nitrogen and oxygen atoms in total. The molecule has 1 atom stereocenters. The Labute approximate surface area is 59.4 Å². The summed E-state index contributed by atoms with van der Waals surface area (Å²) < 4.78 is 47.2. The van der Waals surface area contributed by atoms with Gasteiger partial charge in [-0.25, -0.2) is 9.07 Å². The first-order chi connectivity index (χ1) is 5.02. The van der Waals surface area contributed by atoms with Gasteiger partial charge in [0.15, 0.2) is 0 Å². The minimum Gasteiger partial charge on any atom is -0.231 e. The van der Waals surface area contributed by atoms with E-state index in [0.29, 0.717) is 0 Å². The zero-order valence-electron chi connectivity index (χ0n) is 5.22. The van der Waals surface area contributed by atoms with E-state index in [1.54, 1.807) is 0 Å². The molecule has 1 rings (SSSR count). The summed E-state index contributed by atoms with van der Waals surface area (Å²) >= 11 is 0. The van der Waals surface area contributed by atoms with E-state index in [1.807, 2.05) is 0 Å². The first-order valence-electron chi connectivity index (χ1n) is 2.72. The van der Waals surface area contributed by atoms with Crippen LogP contribution in [0.4, 0.5) is 17.6 Å². The Balaban J connectivity index is 2.78. The second-order valence-corrected chi connectivity index (χ2v) is 1.86. The topological polar surface area (TPSA) is 17.8 Å². The van der Waals surface area contributed by atoms with Crippen LogP contribution >= 0.6 is 0 Å². The first kappa shape index (κ1) is 8.03. The van der Waals surface area contributed by atoms with Gasteiger partial charge in [-0.05, 0) is 6.07 Å². The van der Waals surface area contributed by atoms with E-state index in [2.05, 4.69) is 5.10 Å². The molecule has 1 heterocycles. The van der Waals surface area contributed by atoms with Gasteiger partial charge in [-0.2, -0.15) is 18.3 Å². The van der Waals surface area contributed by atoms with Crippen LogP contribution in [0.3, 0.4) is 0 Å². The lowest BCUT2D eigenvalue weighted by atomic mass is 10.6. The third-order valence-corrected chi connectivity index (χ3v) is 1.03. The predicted octanol–water partition coefficient (Wildman–Crippen LogP) is 1.91. The zero-order valence-corrected chi connectivity index (χ0v) is 5.22. The second kappa shape index (κ2) is 2.52. The molecule has 1 unspecified atom stereocenters. The Kier molecular flexibility index (Phi) is 1.84. The van der Waals surface area contributed by atoms with Crippen LogP contribution in [0.5, 0.6) is 0 Å². The van der Waals surface area contributed by atoms with Crippen LogP contribution in [-0.4, -0.2) is 16.0 Å². The summed E-state index contributed by atoms with van der Waals surface area (Å²) in [5.41, 5.74) is 0. The molecule has 0 aliphatic heterocycles. The zero-order chi connectivity index (χ0) is 8.48. The van der Waals surface area contributed by atoms with Crippen molar-refractivity contribution in [2.24, 2.45) is 0 Å². The van der Waals surface area contributed by atoms with Gasteiger partial charge >= 0.3 is 6.18 Å². The quantitative estimate of drug-likeness (QED) is 0.585. The summed E-state index contributed by atoms with van der Waals surface area (Å²) in [6.07, 6.45) is -5.93. The molecule has 0 fully saturated rings. The van der Waals surface area contributed by atoms with Crippen molar-refractivity contribution in [1.82, 2.24) is 9.78 Å². The molecule has 6 heteroatoms. The average molecular weight is 168 g/mol. The monoisotopic (exact) mass is 168 g/mol. The lowest BCUT2D eigenvalue weighted by Gasteiger charge is -2.11. The van der Waals surface area contributed by atoms with Gasteiger partial charge in [0.05, 0.1) is 0 Å². The van der Waals surface area contributed by atoms with Crippen molar-refractivity contribution < 1.29 is 17.6 Å². The van der Waals surface area contributed by atoms with Gasteiger partial charge in [0.25, 0.3) is 6.30 Å². The third-order valence-electron chi connectivity index (χ3n) is 1.03. The molecule has 0 aliphatic rings. The molecule has 1 aromatic rings. The molecule has 0 radical (unpaired) electrons. The van der Waals surface area contributed by atoms with Gasteiger partial charge in [-0.3, -0.25) is 0 Å². The third kappa shape index (κ3) is 1.69. The minimum absolute atomic E-state index is 0.208. The molecule has 1 aromatic heterocycles. The van der Waals surface area contributed by atoms with E-state index >= 15 is 0 Å². The Morgan fingerprint density at radius 1 is 1.36 bits per heavy atom. The number of hydrogen-bond donors (Lipinski definition) is 0. The molecule has 0 amide bonds. The molecule has 0 aromatic carbocycles. The molecule has 62 valence electrons. The van der Waals surface area contributed by atoms with Gasteiger partial charge in [-0.1, -0.05) is 0 Å². The molecule has 0 aliphatic carbocycles. The van der Waals surface area contributed by atoms with Gasteiger partial charge in [0.1, 0.15) is 0 Å². The predicted molar refractivity (Wildman–Crippen MR) is 28.4 cm³/mol. The number of hydrogen-bond acceptors (Lipinski definition) is 1. The van der Waals surface area contributed by atoms with E-state index < -0.39 is 12.5 Å². The van der Waals surface area contributed by atoms with E-state index in [1.165, 1.54) is 6.07 Å². The summed E-state index contributed by atoms with van der Waals surface area (Å²) in [6, 6.07) is 1.22. The van der Waals surface area contributed by atoms with E-state index in [0.717, 1.165) is 12.4 Å². The molecule has 0 spiro atoms. The van der Waals surface area contributed by atoms with Gasteiger partial charge in [0, 0.05) is 12.4 Å².